The number of ether oxygens (including phenoxy) is 1. The van der Waals surface area contributed by atoms with Gasteiger partial charge in [-0.15, -0.1) is 0 Å². The number of fused-ring (bicyclic) bond motifs is 1. The number of hydrogen-bond donors (Lipinski definition) is 2. The molecular formula is C23H21N3O7. The van der Waals surface area contributed by atoms with Gasteiger partial charge in [0.2, 0.25) is 5.76 Å². The minimum atomic E-state index is -0.987. The molecule has 0 spiro atoms. The van der Waals surface area contributed by atoms with Crippen molar-refractivity contribution in [2.45, 2.75) is 26.4 Å². The van der Waals surface area contributed by atoms with Crippen LogP contribution in [0.2, 0.25) is 0 Å². The van der Waals surface area contributed by atoms with Gasteiger partial charge in [-0.05, 0) is 38.1 Å². The van der Waals surface area contributed by atoms with Gasteiger partial charge >= 0.3 is 18.0 Å². The minimum absolute atomic E-state index is 0.0358. The van der Waals surface area contributed by atoms with E-state index in [0.717, 1.165) is 10.3 Å². The van der Waals surface area contributed by atoms with Crippen LogP contribution in [0, 0.1) is 6.92 Å². The van der Waals surface area contributed by atoms with E-state index >= 15 is 0 Å². The summed E-state index contributed by atoms with van der Waals surface area (Å²) in [5.41, 5.74) is 2.04. The number of carbonyl (C=O) groups excluding carboxylic acids is 3. The number of esters is 1. The van der Waals surface area contributed by atoms with Crippen molar-refractivity contribution >= 4 is 40.9 Å². The van der Waals surface area contributed by atoms with Crippen LogP contribution in [0.25, 0.3) is 17.0 Å². The highest BCUT2D eigenvalue weighted by molar-refractivity contribution is 6.14. The second kappa shape index (κ2) is 8.30. The zero-order chi connectivity index (χ0) is 23.9. The predicted molar refractivity (Wildman–Crippen MR) is 116 cm³/mol. The summed E-state index contributed by atoms with van der Waals surface area (Å²) in [5, 5.41) is 12.8. The summed E-state index contributed by atoms with van der Waals surface area (Å²) in [7, 11) is 1.22. The molecular weight excluding hydrogens is 430 g/mol. The number of carbonyl (C=O) groups is 4. The fourth-order valence-electron chi connectivity index (χ4n) is 3.90. The lowest BCUT2D eigenvalue weighted by Crippen LogP contribution is -2.30. The summed E-state index contributed by atoms with van der Waals surface area (Å²) >= 11 is 0. The van der Waals surface area contributed by atoms with Gasteiger partial charge in [0.05, 0.1) is 13.7 Å². The quantitative estimate of drug-likeness (QED) is 0.334. The molecule has 33 heavy (non-hydrogen) atoms. The number of carboxylic acids is 1. The third kappa shape index (κ3) is 3.75. The van der Waals surface area contributed by atoms with E-state index in [-0.39, 0.29) is 23.8 Å². The third-order valence-corrected chi connectivity index (χ3v) is 5.56. The van der Waals surface area contributed by atoms with E-state index < -0.39 is 29.9 Å². The van der Waals surface area contributed by atoms with Crippen LogP contribution in [0.3, 0.4) is 0 Å². The van der Waals surface area contributed by atoms with E-state index in [4.69, 9.17) is 4.42 Å². The molecule has 2 aromatic heterocycles. The van der Waals surface area contributed by atoms with Gasteiger partial charge in [-0.3, -0.25) is 9.69 Å². The number of carboxylic acid groups (broad SMARTS) is 1. The number of urea groups is 1. The van der Waals surface area contributed by atoms with E-state index in [2.05, 4.69) is 10.1 Å². The van der Waals surface area contributed by atoms with Gasteiger partial charge in [-0.2, -0.15) is 0 Å². The fourth-order valence-corrected chi connectivity index (χ4v) is 3.90. The lowest BCUT2D eigenvalue weighted by atomic mass is 10.1. The van der Waals surface area contributed by atoms with Crippen molar-refractivity contribution in [3.63, 3.8) is 0 Å². The van der Waals surface area contributed by atoms with Crippen LogP contribution in [-0.2, 0) is 20.9 Å². The summed E-state index contributed by atoms with van der Waals surface area (Å²) in [6, 6.07) is 8.68. The zero-order valence-electron chi connectivity index (χ0n) is 18.1. The molecule has 1 aliphatic rings. The van der Waals surface area contributed by atoms with Gasteiger partial charge in [0.25, 0.3) is 5.91 Å². The molecule has 0 unspecified atom stereocenters. The number of furan rings is 1. The van der Waals surface area contributed by atoms with Crippen molar-refractivity contribution in [1.82, 2.24) is 14.8 Å². The molecule has 10 nitrogen and oxygen atoms in total. The van der Waals surface area contributed by atoms with Crippen molar-refractivity contribution in [1.29, 1.82) is 0 Å². The molecule has 1 saturated heterocycles. The van der Waals surface area contributed by atoms with Gasteiger partial charge < -0.3 is 24.1 Å². The Morgan fingerprint density at radius 3 is 2.64 bits per heavy atom. The van der Waals surface area contributed by atoms with Gasteiger partial charge in [0, 0.05) is 22.2 Å². The third-order valence-electron chi connectivity index (χ3n) is 5.56. The lowest BCUT2D eigenvalue weighted by molar-refractivity contribution is -0.140. The topological polar surface area (TPSA) is 131 Å². The van der Waals surface area contributed by atoms with E-state index in [9.17, 15) is 24.3 Å². The van der Waals surface area contributed by atoms with Crippen molar-refractivity contribution < 1.29 is 33.4 Å². The van der Waals surface area contributed by atoms with Crippen LogP contribution in [0.4, 0.5) is 4.79 Å². The number of rotatable bonds is 6. The van der Waals surface area contributed by atoms with Crippen molar-refractivity contribution in [2.24, 2.45) is 0 Å². The molecule has 4 rings (SSSR count). The highest BCUT2D eigenvalue weighted by atomic mass is 16.5. The number of hydrogen-bond acceptors (Lipinski definition) is 6. The van der Waals surface area contributed by atoms with Crippen molar-refractivity contribution in [2.75, 3.05) is 7.11 Å². The first-order valence-corrected chi connectivity index (χ1v) is 10.1. The molecule has 1 aliphatic heterocycles. The number of aromatic nitrogens is 1. The van der Waals surface area contributed by atoms with Crippen molar-refractivity contribution in [3.05, 3.63) is 64.9 Å². The molecule has 1 aromatic carbocycles. The Balaban J connectivity index is 1.68. The number of para-hydroxylation sites is 1. The molecule has 0 radical (unpaired) electrons. The number of amides is 3. The summed E-state index contributed by atoms with van der Waals surface area (Å²) < 4.78 is 11.6. The number of nitrogens with one attached hydrogen (secondary N) is 1. The summed E-state index contributed by atoms with van der Waals surface area (Å²) in [6.07, 6.45) is 1.55. The maximum absolute atomic E-state index is 13.0. The lowest BCUT2D eigenvalue weighted by Gasteiger charge is -2.13. The van der Waals surface area contributed by atoms with Crippen LogP contribution < -0.4 is 5.32 Å². The highest BCUT2D eigenvalue weighted by Crippen LogP contribution is 2.31. The van der Waals surface area contributed by atoms with E-state index in [1.165, 1.54) is 19.2 Å². The summed E-state index contributed by atoms with van der Waals surface area (Å²) in [5.74, 6) is -2.02. The molecule has 0 saturated carbocycles. The molecule has 2 N–H and O–H groups in total. The largest absolute Gasteiger partial charge is 0.480 e. The average Bonchev–Trinajstić information content (AvgIpc) is 3.45. The van der Waals surface area contributed by atoms with Gasteiger partial charge in [-0.25, -0.2) is 14.4 Å². The van der Waals surface area contributed by atoms with Crippen LogP contribution >= 0.6 is 0 Å². The molecule has 3 heterocycles. The normalized spacial score (nSPS) is 15.8. The molecule has 1 fully saturated rings. The first-order chi connectivity index (χ1) is 15.7. The highest BCUT2D eigenvalue weighted by Gasteiger charge is 2.35. The molecule has 3 aromatic rings. The Bertz CT molecular complexity index is 1330. The predicted octanol–water partition coefficient (Wildman–Crippen LogP) is 3.07. The average molecular weight is 451 g/mol. The second-order valence-corrected chi connectivity index (χ2v) is 7.54. The monoisotopic (exact) mass is 451 g/mol. The van der Waals surface area contributed by atoms with E-state index in [1.54, 1.807) is 36.6 Å². The number of aliphatic carboxylic acids is 1. The molecule has 170 valence electrons. The van der Waals surface area contributed by atoms with Crippen LogP contribution in [0.5, 0.6) is 0 Å². The molecule has 3 amide bonds. The van der Waals surface area contributed by atoms with Gasteiger partial charge in [0.1, 0.15) is 17.5 Å². The number of nitrogens with zero attached hydrogens (tertiary/aromatic N) is 2. The Labute approximate surface area is 188 Å². The summed E-state index contributed by atoms with van der Waals surface area (Å²) in [6.45, 7) is 3.17. The second-order valence-electron chi connectivity index (χ2n) is 7.54. The SMILES string of the molecule is COC(=O)c1ccc(CN2C(=O)N/C(=C\c3c(C)n([C@H](C)C(=O)O)c4ccccc34)C2=O)o1. The first-order valence-electron chi connectivity index (χ1n) is 10.1. The number of imide groups is 1. The maximum Gasteiger partial charge on any atom is 0.373 e. The Kier molecular flexibility index (Phi) is 5.50. The Morgan fingerprint density at radius 2 is 1.94 bits per heavy atom. The molecule has 1 atom stereocenters. The van der Waals surface area contributed by atoms with E-state index in [0.29, 0.717) is 16.8 Å². The summed E-state index contributed by atoms with van der Waals surface area (Å²) in [4.78, 5) is 49.6. The van der Waals surface area contributed by atoms with Crippen molar-refractivity contribution in [3.8, 4) is 0 Å². The Hall–Kier alpha value is -4.34. The van der Waals surface area contributed by atoms with Crippen LogP contribution in [0.15, 0.2) is 46.5 Å². The minimum Gasteiger partial charge on any atom is -0.480 e. The number of methoxy groups -OCH3 is 1. The molecule has 0 aliphatic carbocycles. The molecule has 10 heteroatoms. The first kappa shape index (κ1) is 21.9. The Morgan fingerprint density at radius 1 is 1.21 bits per heavy atom. The maximum atomic E-state index is 13.0. The van der Waals surface area contributed by atoms with Gasteiger partial charge in [0.15, 0.2) is 0 Å². The fraction of sp³-hybridized carbons (Fsp3) is 0.217. The molecule has 0 bridgehead atoms. The number of benzene rings is 1. The van der Waals surface area contributed by atoms with Crippen LogP contribution in [-0.4, -0.2) is 45.6 Å². The van der Waals surface area contributed by atoms with Gasteiger partial charge in [-0.1, -0.05) is 18.2 Å². The smallest absolute Gasteiger partial charge is 0.373 e. The standard InChI is InChI=1S/C23H21N3O7/c1-12-16(15-6-4-5-7-18(15)26(12)13(2)21(28)29)10-17-20(27)25(23(31)24-17)11-14-8-9-19(33-14)22(30)32-3/h4-10,13H,11H2,1-3H3,(H,24,31)(H,28,29)/b17-10-/t13-/m1/s1. The van der Waals surface area contributed by atoms with Crippen LogP contribution in [0.1, 0.15) is 40.5 Å². The van der Waals surface area contributed by atoms with E-state index in [1.807, 2.05) is 12.1 Å². The zero-order valence-corrected chi connectivity index (χ0v) is 18.1.